The largest absolute Gasteiger partial charge is 0.381 e. The van der Waals surface area contributed by atoms with Crippen LogP contribution < -0.4 is 5.32 Å². The third kappa shape index (κ3) is 4.61. The molecule has 0 saturated carbocycles. The first-order valence-electron chi connectivity index (χ1n) is 9.81. The normalized spacial score (nSPS) is 21.2. The first kappa shape index (κ1) is 18.4. The molecule has 0 aromatic carbocycles. The molecule has 2 fully saturated rings. The van der Waals surface area contributed by atoms with Crippen LogP contribution in [0.4, 0.5) is 0 Å². The van der Waals surface area contributed by atoms with E-state index >= 15 is 0 Å². The zero-order valence-electron chi connectivity index (χ0n) is 15.7. The molecule has 2 aliphatic rings. The van der Waals surface area contributed by atoms with Crippen LogP contribution in [0, 0.1) is 6.92 Å². The highest BCUT2D eigenvalue weighted by Gasteiger charge is 2.22. The van der Waals surface area contributed by atoms with Crippen LogP contribution in [0.15, 0.2) is 6.20 Å². The lowest BCUT2D eigenvalue weighted by Crippen LogP contribution is -2.39. The number of likely N-dealkylation sites (tertiary alicyclic amines) is 1. The molecule has 1 unspecified atom stereocenters. The van der Waals surface area contributed by atoms with Gasteiger partial charge in [0.05, 0.1) is 17.8 Å². The highest BCUT2D eigenvalue weighted by atomic mass is 16.5. The Bertz CT molecular complexity index is 560. The van der Waals surface area contributed by atoms with Gasteiger partial charge in [-0.15, -0.1) is 0 Å². The summed E-state index contributed by atoms with van der Waals surface area (Å²) in [7, 11) is 0. The monoisotopic (exact) mass is 348 g/mol. The lowest BCUT2D eigenvalue weighted by atomic mass is 10.1. The molecule has 25 heavy (non-hydrogen) atoms. The maximum Gasteiger partial charge on any atom is 0.254 e. The van der Waals surface area contributed by atoms with Crippen LogP contribution in [0.3, 0.4) is 0 Å². The summed E-state index contributed by atoms with van der Waals surface area (Å²) in [5, 5.41) is 7.55. The van der Waals surface area contributed by atoms with E-state index in [0.29, 0.717) is 17.6 Å². The van der Waals surface area contributed by atoms with E-state index in [2.05, 4.69) is 22.2 Å². The van der Waals surface area contributed by atoms with Gasteiger partial charge in [0.2, 0.25) is 0 Å². The summed E-state index contributed by atoms with van der Waals surface area (Å²) in [5.41, 5.74) is 1.67. The molecule has 2 aliphatic heterocycles. The number of ether oxygens (including phenoxy) is 1. The van der Waals surface area contributed by atoms with Gasteiger partial charge in [-0.25, -0.2) is 0 Å². The highest BCUT2D eigenvalue weighted by Crippen LogP contribution is 2.23. The minimum Gasteiger partial charge on any atom is -0.381 e. The number of aromatic nitrogens is 2. The molecular formula is C19H32N4O2. The molecule has 6 heteroatoms. The summed E-state index contributed by atoms with van der Waals surface area (Å²) < 4.78 is 7.42. The quantitative estimate of drug-likeness (QED) is 0.858. The van der Waals surface area contributed by atoms with Crippen molar-refractivity contribution in [2.45, 2.75) is 64.5 Å². The fourth-order valence-corrected chi connectivity index (χ4v) is 3.98. The zero-order chi connectivity index (χ0) is 17.6. The third-order valence-electron chi connectivity index (χ3n) is 5.69. The van der Waals surface area contributed by atoms with Crippen LogP contribution in [-0.2, 0) is 4.74 Å². The molecule has 0 bridgehead atoms. The summed E-state index contributed by atoms with van der Waals surface area (Å²) in [6.45, 7) is 8.94. The Morgan fingerprint density at radius 3 is 2.76 bits per heavy atom. The average molecular weight is 348 g/mol. The van der Waals surface area contributed by atoms with E-state index in [1.54, 1.807) is 6.20 Å². The van der Waals surface area contributed by atoms with E-state index in [1.807, 2.05) is 11.6 Å². The number of hydrogen-bond donors (Lipinski definition) is 1. The predicted molar refractivity (Wildman–Crippen MR) is 97.9 cm³/mol. The molecule has 3 heterocycles. The van der Waals surface area contributed by atoms with E-state index in [4.69, 9.17) is 4.74 Å². The van der Waals surface area contributed by atoms with Crippen molar-refractivity contribution in [2.75, 3.05) is 32.8 Å². The number of piperidine rings is 1. The minimum absolute atomic E-state index is 0.00153. The molecule has 140 valence electrons. The van der Waals surface area contributed by atoms with E-state index < -0.39 is 0 Å². The van der Waals surface area contributed by atoms with Gasteiger partial charge < -0.3 is 15.0 Å². The van der Waals surface area contributed by atoms with Crippen molar-refractivity contribution in [3.05, 3.63) is 17.5 Å². The predicted octanol–water partition coefficient (Wildman–Crippen LogP) is 2.54. The number of carbonyl (C=O) groups excluding carboxylic acids is 1. The molecule has 6 nitrogen and oxygen atoms in total. The van der Waals surface area contributed by atoms with Crippen molar-refractivity contribution in [2.24, 2.45) is 0 Å². The molecule has 3 rings (SSSR count). The number of nitrogens with one attached hydrogen (secondary N) is 1. The van der Waals surface area contributed by atoms with Crippen molar-refractivity contribution >= 4 is 5.91 Å². The van der Waals surface area contributed by atoms with Crippen molar-refractivity contribution in [3.63, 3.8) is 0 Å². The molecule has 0 radical (unpaired) electrons. The molecular weight excluding hydrogens is 316 g/mol. The summed E-state index contributed by atoms with van der Waals surface area (Å²) in [6, 6.07) is 0.890. The molecule has 1 atom stereocenters. The number of amides is 1. The molecule has 1 amide bonds. The fourth-order valence-electron chi connectivity index (χ4n) is 3.98. The van der Waals surface area contributed by atoms with Crippen molar-refractivity contribution in [1.82, 2.24) is 20.0 Å². The van der Waals surface area contributed by atoms with Crippen LogP contribution in [0.5, 0.6) is 0 Å². The van der Waals surface area contributed by atoms with Gasteiger partial charge in [-0.1, -0.05) is 6.42 Å². The molecule has 0 aliphatic carbocycles. The second-order valence-electron chi connectivity index (χ2n) is 7.42. The molecule has 0 spiro atoms. The van der Waals surface area contributed by atoms with Gasteiger partial charge in [-0.3, -0.25) is 9.48 Å². The molecule has 1 aromatic heterocycles. The van der Waals surface area contributed by atoms with Gasteiger partial charge in [0, 0.05) is 31.5 Å². The van der Waals surface area contributed by atoms with Crippen molar-refractivity contribution in [3.8, 4) is 0 Å². The maximum atomic E-state index is 12.5. The second kappa shape index (κ2) is 8.81. The molecule has 1 N–H and O–H groups in total. The SMILES string of the molecule is Cc1c(C(=O)NCCC(C)N2CCCCC2)cnn1C1CCOCC1. The number of nitrogens with zero attached hydrogens (tertiary/aromatic N) is 3. The summed E-state index contributed by atoms with van der Waals surface area (Å²) in [6.07, 6.45) is 8.62. The smallest absolute Gasteiger partial charge is 0.254 e. The van der Waals surface area contributed by atoms with E-state index in [1.165, 1.54) is 32.4 Å². The van der Waals surface area contributed by atoms with Crippen LogP contribution >= 0.6 is 0 Å². The Kier molecular flexibility index (Phi) is 6.48. The van der Waals surface area contributed by atoms with Crippen LogP contribution in [0.25, 0.3) is 0 Å². The van der Waals surface area contributed by atoms with E-state index in [-0.39, 0.29) is 5.91 Å². The van der Waals surface area contributed by atoms with Crippen LogP contribution in [0.2, 0.25) is 0 Å². The number of rotatable bonds is 6. The fraction of sp³-hybridized carbons (Fsp3) is 0.789. The van der Waals surface area contributed by atoms with Gasteiger partial charge in [-0.05, 0) is 59.0 Å². The number of hydrogen-bond acceptors (Lipinski definition) is 4. The maximum absolute atomic E-state index is 12.5. The zero-order valence-corrected chi connectivity index (χ0v) is 15.7. The van der Waals surface area contributed by atoms with Crippen LogP contribution in [-0.4, -0.2) is 59.5 Å². The topological polar surface area (TPSA) is 59.4 Å². The van der Waals surface area contributed by atoms with Gasteiger partial charge in [-0.2, -0.15) is 5.10 Å². The minimum atomic E-state index is 0.00153. The summed E-state index contributed by atoms with van der Waals surface area (Å²) >= 11 is 0. The standard InChI is InChI=1S/C19H32N4O2/c1-15(22-10-4-3-5-11-22)6-9-20-19(24)18-14-21-23(16(18)2)17-7-12-25-13-8-17/h14-15,17H,3-13H2,1-2H3,(H,20,24). The third-order valence-corrected chi connectivity index (χ3v) is 5.69. The molecule has 2 saturated heterocycles. The van der Waals surface area contributed by atoms with Crippen LogP contribution in [0.1, 0.15) is 67.5 Å². The lowest BCUT2D eigenvalue weighted by molar-refractivity contribution is 0.0656. The Balaban J connectivity index is 1.48. The Morgan fingerprint density at radius 1 is 1.32 bits per heavy atom. The Morgan fingerprint density at radius 2 is 2.04 bits per heavy atom. The Hall–Kier alpha value is -1.40. The first-order valence-corrected chi connectivity index (χ1v) is 9.81. The highest BCUT2D eigenvalue weighted by molar-refractivity contribution is 5.95. The van der Waals surface area contributed by atoms with Gasteiger partial charge >= 0.3 is 0 Å². The van der Waals surface area contributed by atoms with E-state index in [0.717, 1.165) is 44.7 Å². The van der Waals surface area contributed by atoms with E-state index in [9.17, 15) is 4.79 Å². The van der Waals surface area contributed by atoms with Crippen molar-refractivity contribution in [1.29, 1.82) is 0 Å². The lowest BCUT2D eigenvalue weighted by Gasteiger charge is -2.32. The average Bonchev–Trinajstić information content (AvgIpc) is 3.04. The number of carbonyl (C=O) groups is 1. The summed E-state index contributed by atoms with van der Waals surface area (Å²) in [5.74, 6) is 0.00153. The summed E-state index contributed by atoms with van der Waals surface area (Å²) in [4.78, 5) is 15.1. The second-order valence-corrected chi connectivity index (χ2v) is 7.42. The molecule has 1 aromatic rings. The Labute approximate surface area is 150 Å². The van der Waals surface area contributed by atoms with Crippen molar-refractivity contribution < 1.29 is 9.53 Å². The van der Waals surface area contributed by atoms with Gasteiger partial charge in [0.25, 0.3) is 5.91 Å². The van der Waals surface area contributed by atoms with Gasteiger partial charge in [0.1, 0.15) is 0 Å². The van der Waals surface area contributed by atoms with Gasteiger partial charge in [0.15, 0.2) is 0 Å². The first-order chi connectivity index (χ1) is 12.2.